The Morgan fingerprint density at radius 3 is 2.89 bits per heavy atom. The number of nitrogens with zero attached hydrogens (tertiary/aromatic N) is 2. The molecule has 0 aliphatic heterocycles. The van der Waals surface area contributed by atoms with E-state index in [1.165, 1.54) is 0 Å². The van der Waals surface area contributed by atoms with Crippen molar-refractivity contribution in [2.75, 3.05) is 13.1 Å². The summed E-state index contributed by atoms with van der Waals surface area (Å²) in [4.78, 5) is 0. The highest BCUT2D eigenvalue weighted by Crippen LogP contribution is 2.24. The first-order chi connectivity index (χ1) is 9.20. The summed E-state index contributed by atoms with van der Waals surface area (Å²) in [5.74, 6) is 1.25. The predicted molar refractivity (Wildman–Crippen MR) is 76.3 cm³/mol. The van der Waals surface area contributed by atoms with Crippen LogP contribution < -0.4 is 5.32 Å². The van der Waals surface area contributed by atoms with Gasteiger partial charge in [-0.25, -0.2) is 0 Å². The summed E-state index contributed by atoms with van der Waals surface area (Å²) < 4.78 is 5.68. The molecular formula is C14H18ClN3O. The Balaban J connectivity index is 2.04. The molecule has 2 aromatic rings. The number of rotatable bonds is 6. The zero-order valence-corrected chi connectivity index (χ0v) is 12.0. The highest BCUT2D eigenvalue weighted by Gasteiger charge is 2.10. The lowest BCUT2D eigenvalue weighted by molar-refractivity contribution is 0.492. The number of halogens is 1. The Bertz CT molecular complexity index is 539. The fraction of sp³-hybridized carbons (Fsp3) is 0.429. The van der Waals surface area contributed by atoms with Gasteiger partial charge < -0.3 is 9.73 Å². The van der Waals surface area contributed by atoms with E-state index in [0.29, 0.717) is 16.8 Å². The van der Waals surface area contributed by atoms with Gasteiger partial charge in [-0.15, -0.1) is 10.2 Å². The van der Waals surface area contributed by atoms with E-state index in [1.54, 1.807) is 0 Å². The van der Waals surface area contributed by atoms with E-state index in [0.717, 1.165) is 37.1 Å². The maximum absolute atomic E-state index is 5.93. The van der Waals surface area contributed by atoms with Gasteiger partial charge in [0.2, 0.25) is 11.8 Å². The number of aromatic nitrogens is 2. The molecule has 0 spiro atoms. The van der Waals surface area contributed by atoms with Gasteiger partial charge in [-0.1, -0.05) is 18.5 Å². The Morgan fingerprint density at radius 2 is 2.16 bits per heavy atom. The molecule has 0 fully saturated rings. The molecule has 5 heteroatoms. The number of aryl methyl sites for hydroxylation is 2. The Kier molecular flexibility index (Phi) is 4.93. The lowest BCUT2D eigenvalue weighted by atomic mass is 10.1. The van der Waals surface area contributed by atoms with Crippen molar-refractivity contribution in [2.24, 2.45) is 0 Å². The van der Waals surface area contributed by atoms with Crippen LogP contribution in [0.3, 0.4) is 0 Å². The van der Waals surface area contributed by atoms with Crippen LogP contribution in [0.2, 0.25) is 5.02 Å². The molecular weight excluding hydrogens is 262 g/mol. The van der Waals surface area contributed by atoms with Crippen molar-refractivity contribution in [3.8, 4) is 11.5 Å². The van der Waals surface area contributed by atoms with Crippen LogP contribution in [0.1, 0.15) is 24.8 Å². The molecule has 0 saturated carbocycles. The molecule has 0 saturated heterocycles. The van der Waals surface area contributed by atoms with E-state index < -0.39 is 0 Å². The monoisotopic (exact) mass is 279 g/mol. The van der Waals surface area contributed by atoms with Gasteiger partial charge in [-0.05, 0) is 50.2 Å². The van der Waals surface area contributed by atoms with Gasteiger partial charge in [0.15, 0.2) is 0 Å². The molecule has 4 nitrogen and oxygen atoms in total. The minimum atomic E-state index is 0.563. The zero-order chi connectivity index (χ0) is 13.7. The fourth-order valence-corrected chi connectivity index (χ4v) is 2.10. The van der Waals surface area contributed by atoms with Gasteiger partial charge in [0.1, 0.15) is 0 Å². The Hall–Kier alpha value is -1.39. The van der Waals surface area contributed by atoms with Crippen LogP contribution in [0.5, 0.6) is 0 Å². The van der Waals surface area contributed by atoms with E-state index in [-0.39, 0.29) is 0 Å². The van der Waals surface area contributed by atoms with Crippen molar-refractivity contribution in [3.05, 3.63) is 34.7 Å². The second-order valence-electron chi connectivity index (χ2n) is 4.42. The molecule has 1 heterocycles. The summed E-state index contributed by atoms with van der Waals surface area (Å²) in [5, 5.41) is 12.2. The van der Waals surface area contributed by atoms with Crippen molar-refractivity contribution >= 4 is 11.6 Å². The molecule has 1 N–H and O–H groups in total. The average molecular weight is 280 g/mol. The van der Waals surface area contributed by atoms with Gasteiger partial charge in [0.25, 0.3) is 0 Å². The SMILES string of the molecule is CCNCCCc1nnc(-c2ccc(Cl)cc2C)o1. The first-order valence-corrected chi connectivity index (χ1v) is 6.88. The molecule has 1 aromatic carbocycles. The van der Waals surface area contributed by atoms with Crippen molar-refractivity contribution in [3.63, 3.8) is 0 Å². The first-order valence-electron chi connectivity index (χ1n) is 6.50. The molecule has 0 unspecified atom stereocenters. The predicted octanol–water partition coefficient (Wildman–Crippen LogP) is 3.24. The van der Waals surface area contributed by atoms with Gasteiger partial charge in [0.05, 0.1) is 0 Å². The Labute approximate surface area is 118 Å². The van der Waals surface area contributed by atoms with Gasteiger partial charge in [0, 0.05) is 17.0 Å². The second kappa shape index (κ2) is 6.68. The molecule has 0 amide bonds. The molecule has 0 atom stereocenters. The normalized spacial score (nSPS) is 10.9. The zero-order valence-electron chi connectivity index (χ0n) is 11.2. The molecule has 0 radical (unpaired) electrons. The van der Waals surface area contributed by atoms with Gasteiger partial charge in [-0.3, -0.25) is 0 Å². The fourth-order valence-electron chi connectivity index (χ4n) is 1.87. The molecule has 0 bridgehead atoms. The molecule has 0 aliphatic rings. The highest BCUT2D eigenvalue weighted by molar-refractivity contribution is 6.30. The maximum Gasteiger partial charge on any atom is 0.247 e. The largest absolute Gasteiger partial charge is 0.421 e. The third-order valence-electron chi connectivity index (χ3n) is 2.88. The molecule has 2 rings (SSSR count). The van der Waals surface area contributed by atoms with Crippen LogP contribution in [0.15, 0.2) is 22.6 Å². The van der Waals surface area contributed by atoms with Gasteiger partial charge >= 0.3 is 0 Å². The second-order valence-corrected chi connectivity index (χ2v) is 4.85. The molecule has 19 heavy (non-hydrogen) atoms. The minimum absolute atomic E-state index is 0.563. The topological polar surface area (TPSA) is 51.0 Å². The quantitative estimate of drug-likeness (QED) is 0.825. The third kappa shape index (κ3) is 3.78. The van der Waals surface area contributed by atoms with E-state index in [2.05, 4.69) is 22.4 Å². The summed E-state index contributed by atoms with van der Waals surface area (Å²) in [6.07, 6.45) is 1.79. The van der Waals surface area contributed by atoms with Crippen LogP contribution in [0, 0.1) is 6.92 Å². The van der Waals surface area contributed by atoms with Gasteiger partial charge in [-0.2, -0.15) is 0 Å². The van der Waals surface area contributed by atoms with E-state index >= 15 is 0 Å². The van der Waals surface area contributed by atoms with Crippen LogP contribution in [-0.4, -0.2) is 23.3 Å². The number of nitrogens with one attached hydrogen (secondary N) is 1. The molecule has 1 aromatic heterocycles. The van der Waals surface area contributed by atoms with Crippen LogP contribution >= 0.6 is 11.6 Å². The van der Waals surface area contributed by atoms with Crippen LogP contribution in [-0.2, 0) is 6.42 Å². The van der Waals surface area contributed by atoms with Crippen molar-refractivity contribution in [1.29, 1.82) is 0 Å². The van der Waals surface area contributed by atoms with Crippen LogP contribution in [0.25, 0.3) is 11.5 Å². The standard InChI is InChI=1S/C14H18ClN3O/c1-3-16-8-4-5-13-17-18-14(19-13)12-7-6-11(15)9-10(12)2/h6-7,9,16H,3-5,8H2,1-2H3. The van der Waals surface area contributed by atoms with Crippen molar-refractivity contribution in [1.82, 2.24) is 15.5 Å². The number of benzene rings is 1. The van der Waals surface area contributed by atoms with Crippen molar-refractivity contribution in [2.45, 2.75) is 26.7 Å². The summed E-state index contributed by atoms with van der Waals surface area (Å²) >= 11 is 5.93. The Morgan fingerprint density at radius 1 is 1.32 bits per heavy atom. The molecule has 0 aliphatic carbocycles. The number of hydrogen-bond acceptors (Lipinski definition) is 4. The lowest BCUT2D eigenvalue weighted by Gasteiger charge is -2.01. The first kappa shape index (κ1) is 14.0. The highest BCUT2D eigenvalue weighted by atomic mass is 35.5. The maximum atomic E-state index is 5.93. The smallest absolute Gasteiger partial charge is 0.247 e. The summed E-state index contributed by atoms with van der Waals surface area (Å²) in [6, 6.07) is 5.64. The van der Waals surface area contributed by atoms with E-state index in [4.69, 9.17) is 16.0 Å². The summed E-state index contributed by atoms with van der Waals surface area (Å²) in [7, 11) is 0. The third-order valence-corrected chi connectivity index (χ3v) is 3.12. The summed E-state index contributed by atoms with van der Waals surface area (Å²) in [6.45, 7) is 6.03. The van der Waals surface area contributed by atoms with Crippen molar-refractivity contribution < 1.29 is 4.42 Å². The number of hydrogen-bond donors (Lipinski definition) is 1. The summed E-state index contributed by atoms with van der Waals surface area (Å²) in [5.41, 5.74) is 1.98. The lowest BCUT2D eigenvalue weighted by Crippen LogP contribution is -2.14. The van der Waals surface area contributed by atoms with E-state index in [9.17, 15) is 0 Å². The minimum Gasteiger partial charge on any atom is -0.421 e. The van der Waals surface area contributed by atoms with E-state index in [1.807, 2.05) is 25.1 Å². The average Bonchev–Trinajstić information content (AvgIpc) is 2.83. The van der Waals surface area contributed by atoms with Crippen LogP contribution in [0.4, 0.5) is 0 Å². The molecule has 102 valence electrons.